The summed E-state index contributed by atoms with van der Waals surface area (Å²) in [6.07, 6.45) is 2.50. The molecule has 4 rings (SSSR count). The molecule has 0 amide bonds. The van der Waals surface area contributed by atoms with Crippen molar-refractivity contribution in [3.05, 3.63) is 39.5 Å². The Hall–Kier alpha value is -1.93. The Balaban J connectivity index is 1.79. The number of ether oxygens (including phenoxy) is 2. The molecule has 1 aromatic carbocycles. The van der Waals surface area contributed by atoms with Gasteiger partial charge in [-0.15, -0.1) is 5.10 Å². The molecule has 160 valence electrons. The first kappa shape index (κ1) is 21.3. The van der Waals surface area contributed by atoms with Crippen LogP contribution in [-0.4, -0.2) is 54.0 Å². The Morgan fingerprint density at radius 2 is 1.83 bits per heavy atom. The van der Waals surface area contributed by atoms with Crippen molar-refractivity contribution in [1.29, 1.82) is 0 Å². The number of anilines is 2. The van der Waals surface area contributed by atoms with Gasteiger partial charge in [-0.25, -0.2) is 9.67 Å². The van der Waals surface area contributed by atoms with Gasteiger partial charge < -0.3 is 14.4 Å². The van der Waals surface area contributed by atoms with E-state index in [4.69, 9.17) is 37.7 Å². The van der Waals surface area contributed by atoms with Gasteiger partial charge in [0, 0.05) is 44.7 Å². The number of hydrogen-bond donors (Lipinski definition) is 0. The van der Waals surface area contributed by atoms with Crippen LogP contribution < -0.4 is 4.90 Å². The maximum Gasteiger partial charge on any atom is 0.163 e. The van der Waals surface area contributed by atoms with Gasteiger partial charge in [-0.3, -0.25) is 0 Å². The fourth-order valence-electron chi connectivity index (χ4n) is 4.07. The van der Waals surface area contributed by atoms with Crippen molar-refractivity contribution in [2.75, 3.05) is 38.9 Å². The molecule has 0 bridgehead atoms. The van der Waals surface area contributed by atoms with E-state index in [1.807, 2.05) is 23.7 Å². The number of halogens is 2. The zero-order chi connectivity index (χ0) is 21.3. The van der Waals surface area contributed by atoms with E-state index in [0.717, 1.165) is 59.6 Å². The molecule has 0 atom stereocenters. The number of hydrogen-bond acceptors (Lipinski definition) is 6. The molecule has 0 saturated heterocycles. The van der Waals surface area contributed by atoms with Crippen LogP contribution in [0.2, 0.25) is 10.0 Å². The van der Waals surface area contributed by atoms with Gasteiger partial charge in [0.15, 0.2) is 11.3 Å². The van der Waals surface area contributed by atoms with Crippen molar-refractivity contribution in [3.63, 3.8) is 0 Å². The Labute approximate surface area is 185 Å². The topological polar surface area (TPSA) is 65.3 Å². The number of rotatable bonds is 8. The molecule has 9 heteroatoms. The van der Waals surface area contributed by atoms with Crippen LogP contribution in [0.15, 0.2) is 18.2 Å². The lowest BCUT2D eigenvalue weighted by molar-refractivity contribution is 0.145. The summed E-state index contributed by atoms with van der Waals surface area (Å²) in [6, 6.07) is 5.90. The van der Waals surface area contributed by atoms with Crippen molar-refractivity contribution >= 4 is 45.7 Å². The third kappa shape index (κ3) is 3.99. The number of methoxy groups -OCH3 is 2. The van der Waals surface area contributed by atoms with E-state index in [9.17, 15) is 0 Å². The maximum atomic E-state index is 6.56. The maximum absolute atomic E-state index is 6.56. The third-order valence-corrected chi connectivity index (χ3v) is 5.97. The first-order chi connectivity index (χ1) is 14.5. The summed E-state index contributed by atoms with van der Waals surface area (Å²) in [5.41, 5.74) is 4.68. The molecule has 7 nitrogen and oxygen atoms in total. The molecule has 0 radical (unpaired) electrons. The summed E-state index contributed by atoms with van der Waals surface area (Å²) < 4.78 is 12.6. The molecule has 0 aliphatic carbocycles. The molecule has 0 saturated carbocycles. The predicted octanol–water partition coefficient (Wildman–Crippen LogP) is 4.75. The zero-order valence-corrected chi connectivity index (χ0v) is 18.9. The van der Waals surface area contributed by atoms with Crippen molar-refractivity contribution in [2.45, 2.75) is 32.2 Å². The third-order valence-electron chi connectivity index (χ3n) is 5.46. The smallest absolute Gasteiger partial charge is 0.163 e. The minimum atomic E-state index is 0.123. The largest absolute Gasteiger partial charge is 0.385 e. The molecule has 3 aromatic rings. The van der Waals surface area contributed by atoms with E-state index < -0.39 is 0 Å². The van der Waals surface area contributed by atoms with Crippen LogP contribution in [0.4, 0.5) is 11.5 Å². The van der Waals surface area contributed by atoms with Gasteiger partial charge in [-0.1, -0.05) is 28.4 Å². The summed E-state index contributed by atoms with van der Waals surface area (Å²) in [4.78, 5) is 6.94. The van der Waals surface area contributed by atoms with Crippen LogP contribution in [0.1, 0.15) is 30.1 Å². The fourth-order valence-corrected chi connectivity index (χ4v) is 4.70. The fraction of sp³-hybridized carbons (Fsp3) is 0.476. The molecular formula is C21H25Cl2N5O2. The summed E-state index contributed by atoms with van der Waals surface area (Å²) in [5, 5.41) is 10.3. The highest BCUT2D eigenvalue weighted by Gasteiger charge is 2.28. The highest BCUT2D eigenvalue weighted by molar-refractivity contribution is 6.37. The number of aromatic nitrogens is 4. The summed E-state index contributed by atoms with van der Waals surface area (Å²) >= 11 is 12.8. The minimum Gasteiger partial charge on any atom is -0.385 e. The van der Waals surface area contributed by atoms with Gasteiger partial charge in [0.05, 0.1) is 22.3 Å². The molecule has 3 heterocycles. The summed E-state index contributed by atoms with van der Waals surface area (Å²) in [6.45, 7) is 4.04. The van der Waals surface area contributed by atoms with E-state index in [1.165, 1.54) is 0 Å². The number of aryl methyl sites for hydroxylation is 1. The summed E-state index contributed by atoms with van der Waals surface area (Å²) in [7, 11) is 3.42. The van der Waals surface area contributed by atoms with Crippen LogP contribution in [-0.2, 0) is 15.9 Å². The van der Waals surface area contributed by atoms with Gasteiger partial charge in [0.25, 0.3) is 0 Å². The van der Waals surface area contributed by atoms with Crippen LogP contribution in [0.25, 0.3) is 11.0 Å². The van der Waals surface area contributed by atoms with Gasteiger partial charge in [-0.2, -0.15) is 0 Å². The highest BCUT2D eigenvalue weighted by Crippen LogP contribution is 2.43. The molecular weight excluding hydrogens is 425 g/mol. The standard InChI is InChI=1S/C21H25Cl2N5O2/c1-13-10-18-19(25-26-28(18)16(5-8-29-2)6-9-30-3)21(24-13)27-7-4-14-11-15(22)12-17(23)20(14)27/h10-12,16H,4-9H2,1-3H3. The van der Waals surface area contributed by atoms with E-state index >= 15 is 0 Å². The first-order valence-electron chi connectivity index (χ1n) is 9.99. The Kier molecular flexibility index (Phi) is 6.43. The molecule has 0 unspecified atom stereocenters. The van der Waals surface area contributed by atoms with Gasteiger partial charge in [-0.05, 0) is 49.9 Å². The lowest BCUT2D eigenvalue weighted by atomic mass is 10.1. The number of benzene rings is 1. The van der Waals surface area contributed by atoms with E-state index in [2.05, 4.69) is 15.2 Å². The SMILES string of the molecule is COCCC(CCOC)n1nnc2c(N3CCc4cc(Cl)cc(Cl)c43)nc(C)cc21. The average molecular weight is 450 g/mol. The lowest BCUT2D eigenvalue weighted by Crippen LogP contribution is -2.17. The average Bonchev–Trinajstić information content (AvgIpc) is 3.32. The van der Waals surface area contributed by atoms with Gasteiger partial charge >= 0.3 is 0 Å². The van der Waals surface area contributed by atoms with Crippen molar-refractivity contribution in [3.8, 4) is 0 Å². The molecule has 0 fully saturated rings. The monoisotopic (exact) mass is 449 g/mol. The second kappa shape index (κ2) is 9.06. The summed E-state index contributed by atoms with van der Waals surface area (Å²) in [5.74, 6) is 0.774. The molecule has 1 aliphatic heterocycles. The minimum absolute atomic E-state index is 0.123. The van der Waals surface area contributed by atoms with Gasteiger partial charge in [0.2, 0.25) is 0 Å². The van der Waals surface area contributed by atoms with Crippen LogP contribution in [0.3, 0.4) is 0 Å². The second-order valence-electron chi connectivity index (χ2n) is 7.50. The zero-order valence-electron chi connectivity index (χ0n) is 17.4. The molecule has 0 spiro atoms. The second-order valence-corrected chi connectivity index (χ2v) is 8.35. The van der Waals surface area contributed by atoms with Crippen molar-refractivity contribution in [1.82, 2.24) is 20.0 Å². The normalized spacial score (nSPS) is 13.6. The quantitative estimate of drug-likeness (QED) is 0.494. The van der Waals surface area contributed by atoms with E-state index in [-0.39, 0.29) is 6.04 Å². The van der Waals surface area contributed by atoms with E-state index in [0.29, 0.717) is 23.3 Å². The molecule has 2 aromatic heterocycles. The Morgan fingerprint density at radius 3 is 2.53 bits per heavy atom. The number of nitrogens with zero attached hydrogens (tertiary/aromatic N) is 5. The molecule has 1 aliphatic rings. The van der Waals surface area contributed by atoms with E-state index in [1.54, 1.807) is 20.3 Å². The predicted molar refractivity (Wildman–Crippen MR) is 119 cm³/mol. The van der Waals surface area contributed by atoms with Crippen LogP contribution in [0.5, 0.6) is 0 Å². The Bertz CT molecular complexity index is 1050. The number of fused-ring (bicyclic) bond motifs is 2. The van der Waals surface area contributed by atoms with Crippen LogP contribution in [0, 0.1) is 6.92 Å². The molecule has 30 heavy (non-hydrogen) atoms. The van der Waals surface area contributed by atoms with Gasteiger partial charge in [0.1, 0.15) is 0 Å². The molecule has 0 N–H and O–H groups in total. The Morgan fingerprint density at radius 1 is 1.10 bits per heavy atom. The van der Waals surface area contributed by atoms with Crippen molar-refractivity contribution in [2.24, 2.45) is 0 Å². The lowest BCUT2D eigenvalue weighted by Gasteiger charge is -2.21. The van der Waals surface area contributed by atoms with Crippen molar-refractivity contribution < 1.29 is 9.47 Å². The highest BCUT2D eigenvalue weighted by atomic mass is 35.5. The number of pyridine rings is 1. The first-order valence-corrected chi connectivity index (χ1v) is 10.7. The van der Waals surface area contributed by atoms with Crippen LogP contribution >= 0.6 is 23.2 Å².